The maximum absolute atomic E-state index is 12.7. The first kappa shape index (κ1) is 59.0. The molecule has 0 saturated heterocycles. The van der Waals surface area contributed by atoms with Crippen LogP contribution in [0.3, 0.4) is 0 Å². The van der Waals surface area contributed by atoms with Crippen LogP contribution in [0.15, 0.2) is 0 Å². The number of hydrogen-bond donors (Lipinski definition) is 3. The van der Waals surface area contributed by atoms with Crippen molar-refractivity contribution in [2.24, 2.45) is 5.73 Å². The lowest BCUT2D eigenvalue weighted by Crippen LogP contribution is -2.34. The van der Waals surface area contributed by atoms with E-state index in [1.54, 1.807) is 0 Å². The number of ether oxygens (including phenoxy) is 2. The zero-order chi connectivity index (χ0) is 44.0. The highest BCUT2D eigenvalue weighted by Gasteiger charge is 2.27. The van der Waals surface area contributed by atoms with Crippen LogP contribution < -0.4 is 5.73 Å². The van der Waals surface area contributed by atoms with Gasteiger partial charge in [-0.2, -0.15) is 0 Å². The molecular weight excluding hydrogens is 778 g/mol. The Morgan fingerprint density at radius 3 is 1.10 bits per heavy atom. The van der Waals surface area contributed by atoms with E-state index in [9.17, 15) is 19.0 Å². The highest BCUT2D eigenvalue weighted by atomic mass is 31.2. The predicted molar refractivity (Wildman–Crippen MR) is 249 cm³/mol. The maximum atomic E-state index is 12.7. The Morgan fingerprint density at radius 2 is 0.767 bits per heavy atom. The Kier molecular flexibility index (Phi) is 45.2. The second-order valence-corrected chi connectivity index (χ2v) is 19.1. The number of nitrogens with two attached hydrogens (primary N) is 1. The van der Waals surface area contributed by atoms with Gasteiger partial charge in [-0.05, 0) is 12.8 Å². The molecule has 0 heterocycles. The average Bonchev–Trinajstić information content (AvgIpc) is 3.23. The van der Waals surface area contributed by atoms with Crippen LogP contribution >= 0.6 is 7.82 Å². The zero-order valence-electron chi connectivity index (χ0n) is 39.3. The van der Waals surface area contributed by atoms with Crippen molar-refractivity contribution in [3.05, 3.63) is 0 Å². The van der Waals surface area contributed by atoms with E-state index < -0.39 is 45.1 Å². The summed E-state index contributed by atoms with van der Waals surface area (Å²) in [6.45, 7) is 3.96. The number of carboxylic acids is 1. The molecule has 0 aliphatic heterocycles. The molecule has 3 atom stereocenters. The van der Waals surface area contributed by atoms with E-state index >= 15 is 0 Å². The standard InChI is InChI=1S/C49H98NO9P/c1-3-5-7-9-11-13-15-17-19-21-23-24-26-28-30-32-34-36-38-40-42-56-43-46(44-57-60(54,55)58-45-47(50)49(52)53)59-48(51)41-39-37-35-33-31-29-27-25-22-20-18-16-14-12-10-8-6-4-2/h46-47H,3-45,50H2,1-2H3,(H,52,53)(H,54,55). The van der Waals surface area contributed by atoms with Gasteiger partial charge in [0.15, 0.2) is 0 Å². The lowest BCUT2D eigenvalue weighted by molar-refractivity contribution is -0.154. The first-order chi connectivity index (χ1) is 29.2. The molecule has 3 unspecified atom stereocenters. The van der Waals surface area contributed by atoms with Crippen LogP contribution in [0.25, 0.3) is 0 Å². The Hall–Kier alpha value is -1.03. The van der Waals surface area contributed by atoms with E-state index in [2.05, 4.69) is 13.8 Å². The second kappa shape index (κ2) is 46.0. The summed E-state index contributed by atoms with van der Waals surface area (Å²) in [5.41, 5.74) is 5.37. The molecule has 0 rings (SSSR count). The number of hydrogen-bond acceptors (Lipinski definition) is 8. The summed E-state index contributed by atoms with van der Waals surface area (Å²) in [5, 5.41) is 8.92. The molecular formula is C49H98NO9P. The maximum Gasteiger partial charge on any atom is 0.472 e. The molecule has 0 aliphatic rings. The number of rotatable bonds is 50. The van der Waals surface area contributed by atoms with Crippen molar-refractivity contribution < 1.29 is 42.7 Å². The van der Waals surface area contributed by atoms with Gasteiger partial charge in [-0.15, -0.1) is 0 Å². The summed E-state index contributed by atoms with van der Waals surface area (Å²) in [6.07, 6.45) is 48.7. The first-order valence-corrected chi connectivity index (χ1v) is 27.1. The third-order valence-electron chi connectivity index (χ3n) is 11.6. The van der Waals surface area contributed by atoms with E-state index in [0.29, 0.717) is 6.61 Å². The van der Waals surface area contributed by atoms with Crippen molar-refractivity contribution in [3.63, 3.8) is 0 Å². The van der Waals surface area contributed by atoms with E-state index in [4.69, 9.17) is 29.4 Å². The van der Waals surface area contributed by atoms with Gasteiger partial charge in [-0.25, -0.2) is 4.57 Å². The van der Waals surface area contributed by atoms with Gasteiger partial charge in [0.2, 0.25) is 0 Å². The van der Waals surface area contributed by atoms with Gasteiger partial charge in [0.1, 0.15) is 12.1 Å². The third kappa shape index (κ3) is 45.0. The van der Waals surface area contributed by atoms with Gasteiger partial charge in [0.05, 0.1) is 19.8 Å². The molecule has 0 aliphatic carbocycles. The van der Waals surface area contributed by atoms with Crippen LogP contribution in [0.5, 0.6) is 0 Å². The Balaban J connectivity index is 4.08. The van der Waals surface area contributed by atoms with E-state index in [0.717, 1.165) is 38.5 Å². The van der Waals surface area contributed by atoms with Crippen molar-refractivity contribution in [1.82, 2.24) is 0 Å². The number of esters is 1. The quantitative estimate of drug-likeness (QED) is 0.0306. The molecule has 10 nitrogen and oxygen atoms in total. The number of carbonyl (C=O) groups is 2. The topological polar surface area (TPSA) is 155 Å². The fraction of sp³-hybridized carbons (Fsp3) is 0.959. The number of unbranched alkanes of at least 4 members (excludes halogenated alkanes) is 36. The van der Waals surface area contributed by atoms with Crippen molar-refractivity contribution in [2.75, 3.05) is 26.4 Å². The third-order valence-corrected chi connectivity index (χ3v) is 12.6. The van der Waals surface area contributed by atoms with Crippen LogP contribution in [0.2, 0.25) is 0 Å². The largest absolute Gasteiger partial charge is 0.480 e. The molecule has 0 bridgehead atoms. The van der Waals surface area contributed by atoms with Crippen molar-refractivity contribution >= 4 is 19.8 Å². The van der Waals surface area contributed by atoms with Crippen molar-refractivity contribution in [3.8, 4) is 0 Å². The highest BCUT2D eigenvalue weighted by molar-refractivity contribution is 7.47. The predicted octanol–water partition coefficient (Wildman–Crippen LogP) is 14.7. The highest BCUT2D eigenvalue weighted by Crippen LogP contribution is 2.43. The van der Waals surface area contributed by atoms with Gasteiger partial charge in [-0.1, -0.05) is 245 Å². The smallest absolute Gasteiger partial charge is 0.472 e. The van der Waals surface area contributed by atoms with E-state index in [1.165, 1.54) is 205 Å². The summed E-state index contributed by atoms with van der Waals surface area (Å²) < 4.78 is 33.5. The number of carboxylic acid groups (broad SMARTS) is 1. The van der Waals surface area contributed by atoms with Crippen molar-refractivity contribution in [2.45, 2.75) is 276 Å². The molecule has 0 spiro atoms. The molecule has 0 aromatic heterocycles. The molecule has 0 amide bonds. The van der Waals surface area contributed by atoms with E-state index in [-0.39, 0.29) is 13.0 Å². The lowest BCUT2D eigenvalue weighted by Gasteiger charge is -2.20. The second-order valence-electron chi connectivity index (χ2n) is 17.7. The fourth-order valence-corrected chi connectivity index (χ4v) is 8.44. The summed E-state index contributed by atoms with van der Waals surface area (Å²) in [6, 6.07) is -1.47. The Morgan fingerprint density at radius 1 is 0.467 bits per heavy atom. The van der Waals surface area contributed by atoms with Gasteiger partial charge < -0.3 is 25.2 Å². The van der Waals surface area contributed by atoms with Crippen LogP contribution in [0.4, 0.5) is 0 Å². The normalized spacial score (nSPS) is 13.7. The Bertz CT molecular complexity index is 971. The summed E-state index contributed by atoms with van der Waals surface area (Å²) in [7, 11) is -4.61. The van der Waals surface area contributed by atoms with Gasteiger partial charge >= 0.3 is 19.8 Å². The molecule has 11 heteroatoms. The first-order valence-electron chi connectivity index (χ1n) is 25.6. The number of phosphoric ester groups is 1. The van der Waals surface area contributed by atoms with Crippen LogP contribution in [0.1, 0.15) is 264 Å². The molecule has 0 fully saturated rings. The van der Waals surface area contributed by atoms with Crippen LogP contribution in [0, 0.1) is 0 Å². The Labute approximate surface area is 370 Å². The number of aliphatic carboxylic acids is 1. The van der Waals surface area contributed by atoms with Gasteiger partial charge in [-0.3, -0.25) is 18.6 Å². The van der Waals surface area contributed by atoms with E-state index in [1.807, 2.05) is 0 Å². The number of phosphoric acid groups is 1. The average molecular weight is 876 g/mol. The minimum atomic E-state index is -4.61. The number of carbonyl (C=O) groups excluding carboxylic acids is 1. The summed E-state index contributed by atoms with van der Waals surface area (Å²) >= 11 is 0. The minimum absolute atomic E-state index is 0.0264. The van der Waals surface area contributed by atoms with Crippen molar-refractivity contribution in [1.29, 1.82) is 0 Å². The zero-order valence-corrected chi connectivity index (χ0v) is 40.2. The van der Waals surface area contributed by atoms with Gasteiger partial charge in [0.25, 0.3) is 0 Å². The fourth-order valence-electron chi connectivity index (χ4n) is 7.67. The summed E-state index contributed by atoms with van der Waals surface area (Å²) in [5.74, 6) is -1.76. The molecule has 4 N–H and O–H groups in total. The lowest BCUT2D eigenvalue weighted by atomic mass is 10.0. The van der Waals surface area contributed by atoms with Crippen LogP contribution in [-0.2, 0) is 32.7 Å². The SMILES string of the molecule is CCCCCCCCCCCCCCCCCCCCCCOCC(COP(=O)(O)OCC(N)C(=O)O)OC(=O)CCCCCCCCCCCCCCCCCCCC. The molecule has 358 valence electrons. The molecule has 60 heavy (non-hydrogen) atoms. The minimum Gasteiger partial charge on any atom is -0.480 e. The molecule has 0 aromatic carbocycles. The monoisotopic (exact) mass is 876 g/mol. The summed E-state index contributed by atoms with van der Waals surface area (Å²) in [4.78, 5) is 33.7. The molecule has 0 saturated carbocycles. The van der Waals surface area contributed by atoms with Crippen LogP contribution in [-0.4, -0.2) is 60.5 Å². The molecule has 0 aromatic rings. The molecule has 0 radical (unpaired) electrons. The van der Waals surface area contributed by atoms with Gasteiger partial charge in [0, 0.05) is 13.0 Å².